The lowest BCUT2D eigenvalue weighted by atomic mass is 10.1. The maximum Gasteiger partial charge on any atom is 0.150 e. The summed E-state index contributed by atoms with van der Waals surface area (Å²) in [6.45, 7) is 7.19. The van der Waals surface area contributed by atoms with Crippen LogP contribution in [0.4, 0.5) is 0 Å². The van der Waals surface area contributed by atoms with Gasteiger partial charge in [-0.1, -0.05) is 26.0 Å². The molecule has 1 aromatic heterocycles. The molecule has 0 amide bonds. The molecule has 0 atom stereocenters. The molecule has 2 rings (SSSR count). The number of nitrogens with one attached hydrogen (secondary N) is 1. The van der Waals surface area contributed by atoms with Crippen molar-refractivity contribution >= 4 is 17.2 Å². The molecule has 0 unspecified atom stereocenters. The molecular formula is C13H17N3O. The van der Waals surface area contributed by atoms with Crippen LogP contribution >= 0.6 is 0 Å². The third-order valence-corrected chi connectivity index (χ3v) is 3.07. The minimum Gasteiger partial charge on any atom is -0.298 e. The number of rotatable bonds is 5. The van der Waals surface area contributed by atoms with Gasteiger partial charge in [0.25, 0.3) is 0 Å². The van der Waals surface area contributed by atoms with Crippen LogP contribution in [0.1, 0.15) is 29.9 Å². The van der Waals surface area contributed by atoms with Crippen molar-refractivity contribution in [3.63, 3.8) is 0 Å². The molecule has 0 fully saturated rings. The van der Waals surface area contributed by atoms with E-state index in [1.165, 1.54) is 0 Å². The summed E-state index contributed by atoms with van der Waals surface area (Å²) in [4.78, 5) is 13.0. The van der Waals surface area contributed by atoms with Crippen molar-refractivity contribution in [3.8, 4) is 0 Å². The van der Waals surface area contributed by atoms with Gasteiger partial charge < -0.3 is 0 Å². The molecule has 0 bridgehead atoms. The van der Waals surface area contributed by atoms with Crippen molar-refractivity contribution in [1.82, 2.24) is 15.1 Å². The van der Waals surface area contributed by atoms with Gasteiger partial charge in [-0.25, -0.2) is 0 Å². The van der Waals surface area contributed by atoms with Gasteiger partial charge in [0.15, 0.2) is 0 Å². The smallest absolute Gasteiger partial charge is 0.150 e. The lowest BCUT2D eigenvalue weighted by Crippen LogP contribution is -2.22. The summed E-state index contributed by atoms with van der Waals surface area (Å²) in [6.07, 6.45) is 0.845. The monoisotopic (exact) mass is 231 g/mol. The minimum absolute atomic E-state index is 0.665. The molecule has 4 nitrogen and oxygen atoms in total. The van der Waals surface area contributed by atoms with E-state index in [1.54, 1.807) is 0 Å². The van der Waals surface area contributed by atoms with E-state index < -0.39 is 0 Å². The molecule has 0 aliphatic rings. The predicted molar refractivity (Wildman–Crippen MR) is 68.1 cm³/mol. The van der Waals surface area contributed by atoms with E-state index >= 15 is 0 Å². The van der Waals surface area contributed by atoms with E-state index in [0.717, 1.165) is 42.5 Å². The first-order chi connectivity index (χ1) is 8.28. The fourth-order valence-electron chi connectivity index (χ4n) is 1.95. The number of carbonyl (C=O) groups excluding carboxylic acids is 1. The normalized spacial score (nSPS) is 11.2. The second-order valence-corrected chi connectivity index (χ2v) is 4.06. The highest BCUT2D eigenvalue weighted by Crippen LogP contribution is 2.18. The van der Waals surface area contributed by atoms with Gasteiger partial charge in [-0.3, -0.25) is 14.8 Å². The SMILES string of the molecule is CCN(CC)Cc1[nH]nc2cc(C=O)ccc12. The number of aldehydes is 1. The molecule has 0 radical (unpaired) electrons. The highest BCUT2D eigenvalue weighted by Gasteiger charge is 2.08. The zero-order valence-corrected chi connectivity index (χ0v) is 10.2. The van der Waals surface area contributed by atoms with Gasteiger partial charge in [0, 0.05) is 17.5 Å². The number of aromatic nitrogens is 2. The second kappa shape index (κ2) is 5.10. The number of fused-ring (bicyclic) bond motifs is 1. The summed E-state index contributed by atoms with van der Waals surface area (Å²) in [5.74, 6) is 0. The summed E-state index contributed by atoms with van der Waals surface area (Å²) in [5.41, 5.74) is 2.64. The number of benzene rings is 1. The molecule has 0 spiro atoms. The third-order valence-electron chi connectivity index (χ3n) is 3.07. The molecule has 17 heavy (non-hydrogen) atoms. The van der Waals surface area contributed by atoms with Crippen LogP contribution in [-0.2, 0) is 6.54 Å². The molecule has 0 saturated carbocycles. The Labute approximate surface area is 101 Å². The number of carbonyl (C=O) groups is 1. The van der Waals surface area contributed by atoms with E-state index in [4.69, 9.17) is 0 Å². The van der Waals surface area contributed by atoms with Crippen LogP contribution in [0.15, 0.2) is 18.2 Å². The molecular weight excluding hydrogens is 214 g/mol. The number of hydrogen-bond acceptors (Lipinski definition) is 3. The number of nitrogens with zero attached hydrogens (tertiary/aromatic N) is 2. The fraction of sp³-hybridized carbons (Fsp3) is 0.385. The summed E-state index contributed by atoms with van der Waals surface area (Å²) < 4.78 is 0. The molecule has 0 aliphatic carbocycles. The van der Waals surface area contributed by atoms with E-state index in [2.05, 4.69) is 28.9 Å². The van der Waals surface area contributed by atoms with Gasteiger partial charge in [0.05, 0.1) is 11.2 Å². The van der Waals surface area contributed by atoms with Crippen LogP contribution in [0.25, 0.3) is 10.9 Å². The van der Waals surface area contributed by atoms with Crippen LogP contribution in [0.3, 0.4) is 0 Å². The predicted octanol–water partition coefficient (Wildman–Crippen LogP) is 2.22. The van der Waals surface area contributed by atoms with Crippen molar-refractivity contribution in [2.75, 3.05) is 13.1 Å². The Kier molecular flexibility index (Phi) is 3.54. The van der Waals surface area contributed by atoms with Gasteiger partial charge in [0.1, 0.15) is 6.29 Å². The van der Waals surface area contributed by atoms with E-state index in [9.17, 15) is 4.79 Å². The van der Waals surface area contributed by atoms with Crippen LogP contribution in [0, 0.1) is 0 Å². The van der Waals surface area contributed by atoms with Gasteiger partial charge in [-0.2, -0.15) is 5.10 Å². The first-order valence-electron chi connectivity index (χ1n) is 5.93. The first-order valence-corrected chi connectivity index (χ1v) is 5.93. The Hall–Kier alpha value is -1.68. The summed E-state index contributed by atoms with van der Waals surface area (Å²) in [5, 5.41) is 8.39. The molecule has 0 aliphatic heterocycles. The fourth-order valence-corrected chi connectivity index (χ4v) is 1.95. The van der Waals surface area contributed by atoms with Crippen LogP contribution in [0.5, 0.6) is 0 Å². The summed E-state index contributed by atoms with van der Waals surface area (Å²) >= 11 is 0. The number of H-pyrrole nitrogens is 1. The average Bonchev–Trinajstić information content (AvgIpc) is 2.78. The largest absolute Gasteiger partial charge is 0.298 e. The minimum atomic E-state index is 0.665. The van der Waals surface area contributed by atoms with Gasteiger partial charge in [-0.15, -0.1) is 0 Å². The Morgan fingerprint density at radius 1 is 1.35 bits per heavy atom. The topological polar surface area (TPSA) is 49.0 Å². The Morgan fingerprint density at radius 3 is 2.76 bits per heavy atom. The van der Waals surface area contributed by atoms with Crippen molar-refractivity contribution in [1.29, 1.82) is 0 Å². The molecule has 0 saturated heterocycles. The molecule has 2 aromatic rings. The van der Waals surface area contributed by atoms with Crippen LogP contribution < -0.4 is 0 Å². The lowest BCUT2D eigenvalue weighted by molar-refractivity contribution is 0.112. The first kappa shape index (κ1) is 11.8. The number of hydrogen-bond donors (Lipinski definition) is 1. The summed E-state index contributed by atoms with van der Waals surface area (Å²) in [7, 11) is 0. The van der Waals surface area contributed by atoms with Crippen molar-refractivity contribution < 1.29 is 4.79 Å². The highest BCUT2D eigenvalue weighted by molar-refractivity contribution is 5.87. The highest BCUT2D eigenvalue weighted by atomic mass is 16.1. The standard InChI is InChI=1S/C13H17N3O/c1-3-16(4-2)8-13-11-6-5-10(9-17)7-12(11)14-15-13/h5-7,9H,3-4,8H2,1-2H3,(H,14,15). The zero-order chi connectivity index (χ0) is 12.3. The van der Waals surface area contributed by atoms with Gasteiger partial charge >= 0.3 is 0 Å². The Morgan fingerprint density at radius 2 is 2.12 bits per heavy atom. The lowest BCUT2D eigenvalue weighted by Gasteiger charge is -2.16. The maximum absolute atomic E-state index is 10.7. The van der Waals surface area contributed by atoms with Crippen molar-refractivity contribution in [3.05, 3.63) is 29.5 Å². The average molecular weight is 231 g/mol. The molecule has 1 heterocycles. The molecule has 1 N–H and O–H groups in total. The maximum atomic E-state index is 10.7. The number of aromatic amines is 1. The van der Waals surface area contributed by atoms with E-state index in [1.807, 2.05) is 18.2 Å². The van der Waals surface area contributed by atoms with Gasteiger partial charge in [0.2, 0.25) is 0 Å². The summed E-state index contributed by atoms with van der Waals surface area (Å²) in [6, 6.07) is 5.60. The Bertz CT molecular complexity index is 514. The second-order valence-electron chi connectivity index (χ2n) is 4.06. The van der Waals surface area contributed by atoms with Gasteiger partial charge in [-0.05, 0) is 19.2 Å². The molecule has 90 valence electrons. The quantitative estimate of drug-likeness (QED) is 0.803. The van der Waals surface area contributed by atoms with E-state index in [0.29, 0.717) is 5.56 Å². The molecule has 4 heteroatoms. The van der Waals surface area contributed by atoms with Crippen molar-refractivity contribution in [2.45, 2.75) is 20.4 Å². The Balaban J connectivity index is 2.33. The van der Waals surface area contributed by atoms with Crippen LogP contribution in [0.2, 0.25) is 0 Å². The molecule has 1 aromatic carbocycles. The zero-order valence-electron chi connectivity index (χ0n) is 10.2. The van der Waals surface area contributed by atoms with Crippen LogP contribution in [-0.4, -0.2) is 34.5 Å². The van der Waals surface area contributed by atoms with E-state index in [-0.39, 0.29) is 0 Å². The van der Waals surface area contributed by atoms with Crippen molar-refractivity contribution in [2.24, 2.45) is 0 Å². The third kappa shape index (κ3) is 2.36.